The zero-order chi connectivity index (χ0) is 29.9. The van der Waals surface area contributed by atoms with Crippen molar-refractivity contribution in [2.24, 2.45) is 7.05 Å². The number of anilines is 1. The second kappa shape index (κ2) is 12.7. The van der Waals surface area contributed by atoms with Crippen molar-refractivity contribution >= 4 is 23.6 Å². The third kappa shape index (κ3) is 7.30. The van der Waals surface area contributed by atoms with Crippen LogP contribution in [0, 0.1) is 0 Å². The van der Waals surface area contributed by atoms with E-state index in [1.54, 1.807) is 18.7 Å². The SMILES string of the molecule is CC[C@@H]1CC(N(Cc2cc(Cl)cc(C(F)(F)F)c2)c2ncc(-c3cn(C)cn3)cn2)C[C@H](CC)N1C(=O)OC(C)C. The van der Waals surface area contributed by atoms with Crippen molar-refractivity contribution < 1.29 is 22.7 Å². The molecule has 1 unspecified atom stereocenters. The smallest absolute Gasteiger partial charge is 0.416 e. The molecule has 1 saturated heterocycles. The van der Waals surface area contributed by atoms with Crippen molar-refractivity contribution in [3.8, 4) is 11.3 Å². The summed E-state index contributed by atoms with van der Waals surface area (Å²) >= 11 is 6.13. The van der Waals surface area contributed by atoms with Gasteiger partial charge in [-0.1, -0.05) is 25.4 Å². The summed E-state index contributed by atoms with van der Waals surface area (Å²) in [5.74, 6) is 0.381. The van der Waals surface area contributed by atoms with E-state index >= 15 is 0 Å². The fourth-order valence-corrected chi connectivity index (χ4v) is 5.68. The maximum absolute atomic E-state index is 13.6. The molecule has 12 heteroatoms. The molecule has 3 heterocycles. The number of rotatable bonds is 8. The summed E-state index contributed by atoms with van der Waals surface area (Å²) in [4.78, 5) is 30.4. The summed E-state index contributed by atoms with van der Waals surface area (Å²) < 4.78 is 48.2. The summed E-state index contributed by atoms with van der Waals surface area (Å²) in [5, 5.41) is 0.00492. The molecule has 1 aromatic carbocycles. The van der Waals surface area contributed by atoms with Crippen LogP contribution in [0.2, 0.25) is 5.02 Å². The molecule has 41 heavy (non-hydrogen) atoms. The van der Waals surface area contributed by atoms with Gasteiger partial charge in [0.25, 0.3) is 0 Å². The molecule has 8 nitrogen and oxygen atoms in total. The van der Waals surface area contributed by atoms with Gasteiger partial charge in [0.15, 0.2) is 0 Å². The van der Waals surface area contributed by atoms with Crippen LogP contribution in [0.4, 0.5) is 23.9 Å². The molecule has 3 atom stereocenters. The van der Waals surface area contributed by atoms with Crippen LogP contribution in [-0.4, -0.2) is 54.7 Å². The highest BCUT2D eigenvalue weighted by atomic mass is 35.5. The normalized spacial score (nSPS) is 19.5. The lowest BCUT2D eigenvalue weighted by molar-refractivity contribution is -0.137. The number of benzene rings is 1. The number of ether oxygens (including phenoxy) is 1. The van der Waals surface area contributed by atoms with Gasteiger partial charge >= 0.3 is 12.3 Å². The molecular formula is C29H36ClF3N6O2. The molecule has 0 saturated carbocycles. The Bertz CT molecular complexity index is 1320. The van der Waals surface area contributed by atoms with Crippen molar-refractivity contribution in [2.75, 3.05) is 4.90 Å². The topological polar surface area (TPSA) is 76.4 Å². The average molecular weight is 593 g/mol. The molecule has 1 fully saturated rings. The van der Waals surface area contributed by atoms with Crippen molar-refractivity contribution in [1.29, 1.82) is 0 Å². The van der Waals surface area contributed by atoms with Crippen molar-refractivity contribution in [3.63, 3.8) is 0 Å². The fraction of sp³-hybridized carbons (Fsp3) is 0.517. The predicted molar refractivity (Wildman–Crippen MR) is 152 cm³/mol. The third-order valence-electron chi connectivity index (χ3n) is 7.34. The van der Waals surface area contributed by atoms with Gasteiger partial charge in [0, 0.05) is 60.9 Å². The first-order valence-corrected chi connectivity index (χ1v) is 14.2. The third-order valence-corrected chi connectivity index (χ3v) is 7.56. The van der Waals surface area contributed by atoms with E-state index in [0.717, 1.165) is 17.7 Å². The van der Waals surface area contributed by atoms with E-state index < -0.39 is 11.7 Å². The lowest BCUT2D eigenvalue weighted by atomic mass is 9.87. The molecule has 0 bridgehead atoms. The number of hydrogen-bond acceptors (Lipinski definition) is 6. The number of amides is 1. The van der Waals surface area contributed by atoms with E-state index in [1.807, 2.05) is 55.3 Å². The van der Waals surface area contributed by atoms with Crippen LogP contribution in [0.5, 0.6) is 0 Å². The van der Waals surface area contributed by atoms with Crippen LogP contribution in [0.1, 0.15) is 64.5 Å². The number of carbonyl (C=O) groups excluding carboxylic acids is 1. The van der Waals surface area contributed by atoms with Crippen LogP contribution in [0.25, 0.3) is 11.3 Å². The average Bonchev–Trinajstić information content (AvgIpc) is 3.36. The second-order valence-electron chi connectivity index (χ2n) is 10.8. The zero-order valence-electron chi connectivity index (χ0n) is 23.9. The number of alkyl halides is 3. The Hall–Kier alpha value is -3.34. The molecule has 3 aromatic rings. The van der Waals surface area contributed by atoms with Gasteiger partial charge in [-0.2, -0.15) is 13.2 Å². The van der Waals surface area contributed by atoms with Crippen LogP contribution in [-0.2, 0) is 24.5 Å². The molecule has 0 N–H and O–H groups in total. The minimum Gasteiger partial charge on any atom is -0.447 e. The summed E-state index contributed by atoms with van der Waals surface area (Å²) in [6.45, 7) is 7.79. The molecule has 0 radical (unpaired) electrons. The minimum absolute atomic E-state index is 0.00492. The van der Waals surface area contributed by atoms with Gasteiger partial charge in [0.1, 0.15) is 0 Å². The minimum atomic E-state index is -4.53. The van der Waals surface area contributed by atoms with Gasteiger partial charge in [-0.3, -0.25) is 0 Å². The molecule has 2 aromatic heterocycles. The van der Waals surface area contributed by atoms with Crippen LogP contribution in [0.15, 0.2) is 43.1 Å². The van der Waals surface area contributed by atoms with Gasteiger partial charge in [-0.15, -0.1) is 0 Å². The van der Waals surface area contributed by atoms with E-state index in [1.165, 1.54) is 6.07 Å². The van der Waals surface area contributed by atoms with Crippen LogP contribution in [0.3, 0.4) is 0 Å². The Morgan fingerprint density at radius 3 is 2.24 bits per heavy atom. The lowest BCUT2D eigenvalue weighted by Gasteiger charge is -2.47. The van der Waals surface area contributed by atoms with E-state index in [2.05, 4.69) is 15.0 Å². The number of hydrogen-bond donors (Lipinski definition) is 0. The highest BCUT2D eigenvalue weighted by Gasteiger charge is 2.41. The number of aryl methyl sites for hydroxylation is 1. The van der Waals surface area contributed by atoms with Crippen molar-refractivity contribution in [1.82, 2.24) is 24.4 Å². The van der Waals surface area contributed by atoms with Crippen molar-refractivity contribution in [3.05, 3.63) is 59.3 Å². The van der Waals surface area contributed by atoms with E-state index in [9.17, 15) is 18.0 Å². The Labute approximate surface area is 243 Å². The fourth-order valence-electron chi connectivity index (χ4n) is 5.42. The number of halogens is 4. The highest BCUT2D eigenvalue weighted by Crippen LogP contribution is 2.36. The lowest BCUT2D eigenvalue weighted by Crippen LogP contribution is -2.57. The summed E-state index contributed by atoms with van der Waals surface area (Å²) in [5.41, 5.74) is 1.02. The van der Waals surface area contributed by atoms with E-state index in [4.69, 9.17) is 16.3 Å². The quantitative estimate of drug-likeness (QED) is 0.277. The first-order chi connectivity index (χ1) is 19.4. The van der Waals surface area contributed by atoms with Crippen molar-refractivity contribution in [2.45, 2.75) is 90.3 Å². The Kier molecular flexibility index (Phi) is 9.46. The van der Waals surface area contributed by atoms with Crippen LogP contribution >= 0.6 is 11.6 Å². The predicted octanol–water partition coefficient (Wildman–Crippen LogP) is 7.12. The summed E-state index contributed by atoms with van der Waals surface area (Å²) in [6, 6.07) is 3.19. The number of piperidine rings is 1. The van der Waals surface area contributed by atoms with Gasteiger partial charge in [0.2, 0.25) is 5.95 Å². The van der Waals surface area contributed by atoms with Gasteiger partial charge in [-0.05, 0) is 63.3 Å². The summed E-state index contributed by atoms with van der Waals surface area (Å²) in [6.07, 6.45) is 4.30. The molecule has 4 rings (SSSR count). The molecule has 1 aliphatic rings. The standard InChI is InChI=1S/C29H36ClF3N6O2/c1-6-23-11-25(12-24(7-2)39(23)28(40)41-18(3)4)38(15-19-8-21(29(31,32)33)10-22(30)9-19)27-34-13-20(14-35-27)26-16-37(5)17-36-26/h8-10,13-14,16-18,23-25H,6-7,11-12,15H2,1-5H3/t23-,24+,25?. The number of imidazole rings is 1. The molecular weight excluding hydrogens is 557 g/mol. The molecule has 1 amide bonds. The maximum atomic E-state index is 13.6. The largest absolute Gasteiger partial charge is 0.447 e. The summed E-state index contributed by atoms with van der Waals surface area (Å²) in [7, 11) is 1.87. The Balaban J connectivity index is 1.71. The number of carbonyl (C=O) groups is 1. The highest BCUT2D eigenvalue weighted by molar-refractivity contribution is 6.30. The zero-order valence-corrected chi connectivity index (χ0v) is 24.7. The van der Waals surface area contributed by atoms with E-state index in [-0.39, 0.29) is 41.9 Å². The van der Waals surface area contributed by atoms with Crippen LogP contribution < -0.4 is 4.90 Å². The molecule has 0 spiro atoms. The molecule has 0 aliphatic carbocycles. The Morgan fingerprint density at radius 1 is 1.10 bits per heavy atom. The van der Waals surface area contributed by atoms with Gasteiger partial charge in [-0.25, -0.2) is 19.7 Å². The molecule has 1 aliphatic heterocycles. The number of aromatic nitrogens is 4. The van der Waals surface area contributed by atoms with E-state index in [0.29, 0.717) is 42.9 Å². The Morgan fingerprint density at radius 2 is 1.73 bits per heavy atom. The first-order valence-electron chi connectivity index (χ1n) is 13.8. The number of likely N-dealkylation sites (tertiary alicyclic amines) is 1. The van der Waals surface area contributed by atoms with Gasteiger partial charge < -0.3 is 19.1 Å². The van der Waals surface area contributed by atoms with Gasteiger partial charge in [0.05, 0.1) is 23.7 Å². The second-order valence-corrected chi connectivity index (χ2v) is 11.2. The number of nitrogens with zero attached hydrogens (tertiary/aromatic N) is 6. The first kappa shape index (κ1) is 30.6. The molecule has 222 valence electrons. The monoisotopic (exact) mass is 592 g/mol. The maximum Gasteiger partial charge on any atom is 0.416 e.